The molecule has 34 heavy (non-hydrogen) atoms. The number of halogens is 4. The van der Waals surface area contributed by atoms with Crippen molar-refractivity contribution in [2.45, 2.75) is 52.5 Å². The molecule has 1 aromatic heterocycles. The molecule has 2 amide bonds. The third-order valence-electron chi connectivity index (χ3n) is 5.82. The van der Waals surface area contributed by atoms with Gasteiger partial charge in [-0.25, -0.2) is 4.98 Å². The van der Waals surface area contributed by atoms with Crippen LogP contribution in [0.4, 0.5) is 13.2 Å². The van der Waals surface area contributed by atoms with E-state index in [2.05, 4.69) is 15.6 Å². The van der Waals surface area contributed by atoms with Crippen molar-refractivity contribution in [1.29, 1.82) is 0 Å². The van der Waals surface area contributed by atoms with Gasteiger partial charge in [-0.15, -0.1) is 0 Å². The van der Waals surface area contributed by atoms with Crippen molar-refractivity contribution >= 4 is 23.4 Å². The number of likely N-dealkylation sites (N-methyl/N-ethyl adjacent to an activating group) is 1. The van der Waals surface area contributed by atoms with Crippen LogP contribution in [-0.4, -0.2) is 52.9 Å². The summed E-state index contributed by atoms with van der Waals surface area (Å²) < 4.78 is 41.2. The first-order chi connectivity index (χ1) is 15.7. The summed E-state index contributed by atoms with van der Waals surface area (Å²) >= 11 is 6.26. The summed E-state index contributed by atoms with van der Waals surface area (Å²) in [4.78, 5) is 32.4. The van der Waals surface area contributed by atoms with Gasteiger partial charge in [-0.3, -0.25) is 9.59 Å². The number of benzene rings is 1. The third-order valence-corrected chi connectivity index (χ3v) is 6.13. The number of imidazole rings is 1. The van der Waals surface area contributed by atoms with Gasteiger partial charge < -0.3 is 20.1 Å². The zero-order valence-electron chi connectivity index (χ0n) is 19.8. The molecule has 11 heteroatoms. The van der Waals surface area contributed by atoms with Gasteiger partial charge in [0, 0.05) is 25.7 Å². The number of aromatic nitrogens is 2. The van der Waals surface area contributed by atoms with Crippen LogP contribution >= 0.6 is 11.6 Å². The predicted molar refractivity (Wildman–Crippen MR) is 123 cm³/mol. The molecule has 1 aliphatic heterocycles. The minimum Gasteiger partial charge on any atom is -0.357 e. The predicted octanol–water partition coefficient (Wildman–Crippen LogP) is 3.95. The second-order valence-corrected chi connectivity index (χ2v) is 9.96. The largest absolute Gasteiger partial charge is 0.416 e. The van der Waals surface area contributed by atoms with E-state index in [4.69, 9.17) is 11.6 Å². The SMILES string of the molecule is CNC(=O)[C@@H](NC(=O)c1nc(-c2ccc(C(F)(F)F)cc2Cl)n2c1CN(C)CCC2)C(C)(C)C. The average Bonchev–Trinajstić information content (AvgIpc) is 2.95. The van der Waals surface area contributed by atoms with Gasteiger partial charge in [-0.05, 0) is 43.6 Å². The molecule has 0 saturated carbocycles. The molecule has 7 nitrogen and oxygen atoms in total. The number of carbonyl (C=O) groups excluding carboxylic acids is 2. The first-order valence-corrected chi connectivity index (χ1v) is 11.3. The number of nitrogens with zero attached hydrogens (tertiary/aromatic N) is 3. The van der Waals surface area contributed by atoms with Crippen LogP contribution in [0, 0.1) is 5.41 Å². The molecule has 3 rings (SSSR count). The number of hydrogen-bond acceptors (Lipinski definition) is 4. The number of amides is 2. The maximum Gasteiger partial charge on any atom is 0.416 e. The smallest absolute Gasteiger partial charge is 0.357 e. The van der Waals surface area contributed by atoms with Crippen LogP contribution in [0.25, 0.3) is 11.4 Å². The van der Waals surface area contributed by atoms with Gasteiger partial charge in [0.05, 0.1) is 16.3 Å². The first kappa shape index (κ1) is 26.0. The maximum absolute atomic E-state index is 13.4. The van der Waals surface area contributed by atoms with E-state index in [1.807, 2.05) is 37.3 Å². The quantitative estimate of drug-likeness (QED) is 0.667. The van der Waals surface area contributed by atoms with Gasteiger partial charge in [0.25, 0.3) is 5.91 Å². The zero-order valence-corrected chi connectivity index (χ0v) is 20.6. The van der Waals surface area contributed by atoms with Crippen molar-refractivity contribution in [1.82, 2.24) is 25.1 Å². The Hall–Kier alpha value is -2.59. The van der Waals surface area contributed by atoms with Gasteiger partial charge in [0.15, 0.2) is 5.69 Å². The fourth-order valence-electron chi connectivity index (χ4n) is 4.00. The number of fused-ring (bicyclic) bond motifs is 1. The van der Waals surface area contributed by atoms with Crippen LogP contribution in [0.5, 0.6) is 0 Å². The molecule has 2 N–H and O–H groups in total. The Bertz CT molecular complexity index is 1090. The van der Waals surface area contributed by atoms with E-state index < -0.39 is 29.1 Å². The highest BCUT2D eigenvalue weighted by Gasteiger charge is 2.35. The molecular weight excluding hydrogens is 471 g/mol. The highest BCUT2D eigenvalue weighted by atomic mass is 35.5. The standard InChI is InChI=1S/C23H29ClF3N5O2/c1-22(2,3)18(21(34)28-4)30-20(33)17-16-12-31(5)9-6-10-32(16)19(29-17)14-8-7-13(11-15(14)24)23(25,26)27/h7-8,11,18H,6,9-10,12H2,1-5H3,(H,28,34)(H,30,33)/t18-/m1/s1. The molecule has 186 valence electrons. The number of alkyl halides is 3. The summed E-state index contributed by atoms with van der Waals surface area (Å²) in [6.07, 6.45) is -3.77. The van der Waals surface area contributed by atoms with E-state index in [0.717, 1.165) is 25.1 Å². The van der Waals surface area contributed by atoms with Crippen molar-refractivity contribution in [3.63, 3.8) is 0 Å². The summed E-state index contributed by atoms with van der Waals surface area (Å²) in [6.45, 7) is 7.21. The van der Waals surface area contributed by atoms with Crippen molar-refractivity contribution < 1.29 is 22.8 Å². The van der Waals surface area contributed by atoms with Gasteiger partial charge in [0.1, 0.15) is 11.9 Å². The molecule has 0 radical (unpaired) electrons. The number of carbonyl (C=O) groups is 2. The summed E-state index contributed by atoms with van der Waals surface area (Å²) in [6, 6.07) is 2.28. The van der Waals surface area contributed by atoms with Crippen LogP contribution in [0.1, 0.15) is 48.9 Å². The lowest BCUT2D eigenvalue weighted by atomic mass is 9.86. The second kappa shape index (κ2) is 9.58. The molecule has 0 fully saturated rings. The maximum atomic E-state index is 13.4. The molecule has 1 aliphatic rings. The zero-order chi connectivity index (χ0) is 25.4. The highest BCUT2D eigenvalue weighted by molar-refractivity contribution is 6.33. The Morgan fingerprint density at radius 3 is 2.41 bits per heavy atom. The highest BCUT2D eigenvalue weighted by Crippen LogP contribution is 2.36. The molecule has 0 aliphatic carbocycles. The normalized spacial score (nSPS) is 15.9. The van der Waals surface area contributed by atoms with E-state index in [1.165, 1.54) is 13.1 Å². The first-order valence-electron chi connectivity index (χ1n) is 10.9. The Labute approximate surface area is 201 Å². The van der Waals surface area contributed by atoms with Crippen molar-refractivity contribution in [3.05, 3.63) is 40.2 Å². The van der Waals surface area contributed by atoms with Gasteiger partial charge in [-0.1, -0.05) is 32.4 Å². The van der Waals surface area contributed by atoms with E-state index in [1.54, 1.807) is 0 Å². The summed E-state index contributed by atoms with van der Waals surface area (Å²) in [5, 5.41) is 5.25. The minimum atomic E-state index is -4.53. The van der Waals surface area contributed by atoms with E-state index >= 15 is 0 Å². The van der Waals surface area contributed by atoms with Crippen molar-refractivity contribution in [2.24, 2.45) is 5.41 Å². The van der Waals surface area contributed by atoms with Crippen LogP contribution in [-0.2, 0) is 24.1 Å². The van der Waals surface area contributed by atoms with Crippen LogP contribution in [0.2, 0.25) is 5.02 Å². The van der Waals surface area contributed by atoms with Crippen molar-refractivity contribution in [3.8, 4) is 11.4 Å². The molecule has 0 saturated heterocycles. The van der Waals surface area contributed by atoms with Gasteiger partial charge >= 0.3 is 6.18 Å². The molecule has 2 heterocycles. The summed E-state index contributed by atoms with van der Waals surface area (Å²) in [5.74, 6) is -0.549. The minimum absolute atomic E-state index is 0.106. The number of nitrogens with one attached hydrogen (secondary N) is 2. The Morgan fingerprint density at radius 1 is 1.18 bits per heavy atom. The Balaban J connectivity index is 2.10. The summed E-state index contributed by atoms with van der Waals surface area (Å²) in [7, 11) is 3.41. The molecule has 1 atom stereocenters. The van der Waals surface area contributed by atoms with Gasteiger partial charge in [-0.2, -0.15) is 13.2 Å². The molecule has 1 aromatic carbocycles. The van der Waals surface area contributed by atoms with E-state index in [-0.39, 0.29) is 16.6 Å². The van der Waals surface area contributed by atoms with Crippen molar-refractivity contribution in [2.75, 3.05) is 20.6 Å². The molecular formula is C23H29ClF3N5O2. The number of rotatable bonds is 4. The van der Waals surface area contributed by atoms with Crippen LogP contribution in [0.15, 0.2) is 18.2 Å². The third kappa shape index (κ3) is 5.38. The lowest BCUT2D eigenvalue weighted by Crippen LogP contribution is -2.53. The second-order valence-electron chi connectivity index (χ2n) is 9.55. The molecule has 2 aromatic rings. The fourth-order valence-corrected chi connectivity index (χ4v) is 4.27. The lowest BCUT2D eigenvalue weighted by molar-refractivity contribution is -0.137. The van der Waals surface area contributed by atoms with E-state index in [9.17, 15) is 22.8 Å². The van der Waals surface area contributed by atoms with Crippen LogP contribution in [0.3, 0.4) is 0 Å². The Kier molecular flexibility index (Phi) is 7.33. The van der Waals surface area contributed by atoms with Gasteiger partial charge in [0.2, 0.25) is 5.91 Å². The topological polar surface area (TPSA) is 79.3 Å². The number of hydrogen-bond donors (Lipinski definition) is 2. The molecule has 0 bridgehead atoms. The molecule has 0 unspecified atom stereocenters. The summed E-state index contributed by atoms with van der Waals surface area (Å²) in [5.41, 5.74) is -0.382. The molecule has 0 spiro atoms. The fraction of sp³-hybridized carbons (Fsp3) is 0.522. The van der Waals surface area contributed by atoms with E-state index in [0.29, 0.717) is 30.2 Å². The average molecular weight is 500 g/mol. The lowest BCUT2D eigenvalue weighted by Gasteiger charge is -2.29. The monoisotopic (exact) mass is 499 g/mol. The van der Waals surface area contributed by atoms with Crippen LogP contribution < -0.4 is 10.6 Å². The Morgan fingerprint density at radius 2 is 1.85 bits per heavy atom.